The summed E-state index contributed by atoms with van der Waals surface area (Å²) in [5, 5.41) is 5.72. The van der Waals surface area contributed by atoms with E-state index in [-0.39, 0.29) is 0 Å². The van der Waals surface area contributed by atoms with Gasteiger partial charge >= 0.3 is 5.65 Å². The molecule has 0 N–H and O–H groups in total. The van der Waals surface area contributed by atoms with Gasteiger partial charge < -0.3 is 4.42 Å². The minimum absolute atomic E-state index is 0.633. The zero-order valence-corrected chi connectivity index (χ0v) is 55.5. The van der Waals surface area contributed by atoms with Gasteiger partial charge in [-0.05, 0) is 90.2 Å². The zero-order chi connectivity index (χ0) is 70.2. The van der Waals surface area contributed by atoms with Gasteiger partial charge in [-0.1, -0.05) is 18.2 Å². The maximum atomic E-state index is 7.99. The molecule has 0 unspecified atom stereocenters. The number of benzene rings is 1. The molecule has 26 rings (SSSR count). The van der Waals surface area contributed by atoms with E-state index >= 15 is 0 Å². The first-order valence-electron chi connectivity index (χ1n) is 35.1. The Morgan fingerprint density at radius 1 is 0.417 bits per heavy atom. The number of para-hydroxylation sites is 1. The van der Waals surface area contributed by atoms with Crippen LogP contribution in [0.15, 0.2) is 250 Å². The highest BCUT2D eigenvalue weighted by atomic mass is 32.1. The molecule has 25 heteroatoms. The number of pyridine rings is 5. The SMILES string of the molecule is Cn1c2[n+](c3c1cc1ncccn13)Cc1ccncc1-2.[2H]C([2H])([2H])n1c2[n+](c3c1cc1ncccn13)Cc1ccncc1-2.c1ccc(-n2c3[n+](c4c2cc2ncccn24)Cc2ccncc2-3)cc1.c1cnc2cc3oc4[n+](c3n2c1)Cc1ccncc1-4.c1cnn2c(c1)cc1c2sc2[n+]1Cc1ccncc1-2. The molecule has 25 heterocycles. The number of rotatable bonds is 1. The van der Waals surface area contributed by atoms with Crippen LogP contribution in [0.1, 0.15) is 31.9 Å². The van der Waals surface area contributed by atoms with Crippen LogP contribution < -0.4 is 22.8 Å². The van der Waals surface area contributed by atoms with Gasteiger partial charge in [0, 0.05) is 145 Å². The van der Waals surface area contributed by atoms with Crippen LogP contribution in [0, 0.1) is 0 Å². The smallest absolute Gasteiger partial charge is 0.335 e. The minimum Gasteiger partial charge on any atom is -0.413 e. The van der Waals surface area contributed by atoms with Gasteiger partial charge in [0.1, 0.15) is 12.2 Å². The van der Waals surface area contributed by atoms with Crippen molar-refractivity contribution in [2.24, 2.45) is 14.0 Å². The van der Waals surface area contributed by atoms with Crippen molar-refractivity contribution >= 4 is 94.5 Å². The van der Waals surface area contributed by atoms with E-state index in [1.54, 1.807) is 36.1 Å². The molecule has 0 bridgehead atoms. The van der Waals surface area contributed by atoms with Gasteiger partial charge in [0.2, 0.25) is 34.2 Å². The first kappa shape index (κ1) is 54.1. The number of imidazole rings is 3. The van der Waals surface area contributed by atoms with Crippen molar-refractivity contribution in [3.05, 3.63) is 273 Å². The number of thiazole rings is 1. The standard InChI is InChI=1S/C20H14N5.2C15H12N5.C14H9N4O.C14H9N4S/c1-2-5-15(6-3-1)25-17-11-18-22-8-4-10-23(18)20(17)24-13-14-7-9-21-12-16(14)19(24)25;2*1-18-12-7-13-17-4-2-6-19(13)15(12)20-9-10-3-5-16-8-11(10)14(18)20;1-3-16-12-6-11-13(17(12)5-1)18-8-9-2-4-15-7-10(9)14(18)19-11;1-2-10-6-12-14(18(10)16-4-1)19-13-11-7-15-5-3-9(11)8-17(12)13/h1-12H,13H2;2*2-8H,9H2,1H3;2*1-7H,8H2/q5*+1/i;1D3;;;. The summed E-state index contributed by atoms with van der Waals surface area (Å²) >= 11 is 1.79. The normalized spacial score (nSPS) is 13.5. The molecular weight excluding hydrogens is 1310 g/mol. The highest BCUT2D eigenvalue weighted by Crippen LogP contribution is 2.39. The van der Waals surface area contributed by atoms with E-state index in [1.165, 1.54) is 81.7 Å². The minimum atomic E-state index is -2.28. The largest absolute Gasteiger partial charge is 0.413 e. The molecule has 5 aliphatic rings. The van der Waals surface area contributed by atoms with Crippen LogP contribution in [0.2, 0.25) is 0 Å². The van der Waals surface area contributed by atoms with Crippen molar-refractivity contribution < 1.29 is 31.4 Å². The third-order valence-electron chi connectivity index (χ3n) is 20.4. The first-order chi connectivity index (χ1) is 52.1. The second kappa shape index (κ2) is 21.8. The van der Waals surface area contributed by atoms with Crippen molar-refractivity contribution in [1.29, 1.82) is 0 Å². The number of aryl methyl sites for hydroxylation is 2. The Hall–Kier alpha value is -13.8. The van der Waals surface area contributed by atoms with Gasteiger partial charge in [0.05, 0.1) is 102 Å². The second-order valence-corrected chi connectivity index (χ2v) is 26.9. The molecule has 21 aromatic rings. The highest BCUT2D eigenvalue weighted by Gasteiger charge is 2.39. The molecule has 1 aromatic carbocycles. The van der Waals surface area contributed by atoms with Crippen LogP contribution in [0.5, 0.6) is 0 Å². The lowest BCUT2D eigenvalue weighted by Crippen LogP contribution is -2.32. The molecule has 24 nitrogen and oxygen atoms in total. The molecule has 5 aliphatic heterocycles. The number of hydrogen-bond acceptors (Lipinski definition) is 12. The van der Waals surface area contributed by atoms with Crippen molar-refractivity contribution in [2.75, 3.05) is 0 Å². The Labute approximate surface area is 590 Å². The van der Waals surface area contributed by atoms with E-state index in [9.17, 15) is 0 Å². The molecule has 0 radical (unpaired) electrons. The van der Waals surface area contributed by atoms with E-state index in [2.05, 4.69) is 177 Å². The summed E-state index contributed by atoms with van der Waals surface area (Å²) in [6.45, 7) is 1.86. The first-order valence-corrected chi connectivity index (χ1v) is 34.4. The van der Waals surface area contributed by atoms with Gasteiger partial charge in [-0.3, -0.25) is 34.1 Å². The van der Waals surface area contributed by atoms with Gasteiger partial charge in [0.25, 0.3) is 27.8 Å². The van der Waals surface area contributed by atoms with E-state index < -0.39 is 6.98 Å². The van der Waals surface area contributed by atoms with E-state index in [4.69, 9.17) is 8.53 Å². The Balaban J connectivity index is 0.0000000830. The zero-order valence-electron chi connectivity index (χ0n) is 57.7. The monoisotopic (exact) mass is 1370 g/mol. The Bertz CT molecular complexity index is 7230. The molecule has 103 heavy (non-hydrogen) atoms. The van der Waals surface area contributed by atoms with Crippen molar-refractivity contribution in [1.82, 2.24) is 85.8 Å². The average Bonchev–Trinajstić information content (AvgIpc) is 1.55. The molecule has 0 atom stereocenters. The summed E-state index contributed by atoms with van der Waals surface area (Å²) < 4.78 is 57.5. The van der Waals surface area contributed by atoms with Gasteiger partial charge in [-0.2, -0.15) is 18.6 Å². The molecule has 0 saturated heterocycles. The Morgan fingerprint density at radius 2 is 0.883 bits per heavy atom. The van der Waals surface area contributed by atoms with E-state index in [1.807, 2.05) is 155 Å². The van der Waals surface area contributed by atoms with E-state index in [0.717, 1.165) is 111 Å². The predicted octanol–water partition coefficient (Wildman–Crippen LogP) is 10.1. The van der Waals surface area contributed by atoms with Crippen LogP contribution in [0.25, 0.3) is 145 Å². The molecular formula is C78H56N23OS+5. The Morgan fingerprint density at radius 3 is 1.48 bits per heavy atom. The van der Waals surface area contributed by atoms with Gasteiger partial charge in [-0.15, -0.1) is 0 Å². The lowest BCUT2D eigenvalue weighted by Gasteiger charge is -2.02. The lowest BCUT2D eigenvalue weighted by atomic mass is 10.1. The summed E-state index contributed by atoms with van der Waals surface area (Å²) in [7, 11) is 2.11. The van der Waals surface area contributed by atoms with Crippen LogP contribution in [0.3, 0.4) is 0 Å². The summed E-state index contributed by atoms with van der Waals surface area (Å²) in [5.74, 6) is 3.96. The molecule has 0 amide bonds. The lowest BCUT2D eigenvalue weighted by molar-refractivity contribution is -0.651. The number of fused-ring (bicyclic) bond motifs is 35. The third-order valence-corrected chi connectivity index (χ3v) is 21.6. The van der Waals surface area contributed by atoms with Crippen molar-refractivity contribution in [3.63, 3.8) is 0 Å². The topological polar surface area (TPSA) is 198 Å². The molecule has 0 aliphatic carbocycles. The molecule has 0 spiro atoms. The van der Waals surface area contributed by atoms with Crippen LogP contribution >= 0.6 is 11.3 Å². The summed E-state index contributed by atoms with van der Waals surface area (Å²) in [6.07, 6.45) is 35.7. The van der Waals surface area contributed by atoms with Gasteiger partial charge in [0.15, 0.2) is 44.9 Å². The quantitative estimate of drug-likeness (QED) is 0.142. The summed E-state index contributed by atoms with van der Waals surface area (Å²) in [5.41, 5.74) is 27.2. The number of hydrogen-bond donors (Lipinski definition) is 0. The third kappa shape index (κ3) is 8.35. The highest BCUT2D eigenvalue weighted by molar-refractivity contribution is 7.20. The summed E-state index contributed by atoms with van der Waals surface area (Å²) in [6, 6.07) is 42.8. The fourth-order valence-corrected chi connectivity index (χ4v) is 17.2. The second-order valence-electron chi connectivity index (χ2n) is 25.9. The van der Waals surface area contributed by atoms with Crippen molar-refractivity contribution in [3.8, 4) is 61.9 Å². The number of oxazole rings is 1. The molecule has 0 fully saturated rings. The molecule has 0 saturated carbocycles. The number of aromatic nitrogens is 23. The molecule has 20 aromatic heterocycles. The fourth-order valence-electron chi connectivity index (χ4n) is 16.0. The van der Waals surface area contributed by atoms with Crippen LogP contribution in [0.4, 0.5) is 0 Å². The predicted molar refractivity (Wildman–Crippen MR) is 384 cm³/mol. The van der Waals surface area contributed by atoms with Gasteiger partial charge in [-0.25, -0.2) is 55.9 Å². The fraction of sp³-hybridized carbons (Fsp3) is 0.0897. The maximum absolute atomic E-state index is 7.99. The van der Waals surface area contributed by atoms with Crippen LogP contribution in [-0.4, -0.2) is 85.8 Å². The van der Waals surface area contributed by atoms with E-state index in [0.29, 0.717) is 17.9 Å². The summed E-state index contributed by atoms with van der Waals surface area (Å²) in [4.78, 5) is 40.1. The maximum Gasteiger partial charge on any atom is 0.335 e. The molecule has 490 valence electrons. The Kier molecular flexibility index (Phi) is 11.5. The van der Waals surface area contributed by atoms with Crippen LogP contribution in [-0.2, 0) is 46.7 Å². The number of nitrogens with zero attached hydrogens (tertiary/aromatic N) is 23. The average molecular weight is 1370 g/mol. The van der Waals surface area contributed by atoms with Crippen molar-refractivity contribution in [2.45, 2.75) is 32.7 Å².